The predicted molar refractivity (Wildman–Crippen MR) is 102 cm³/mol. The number of amides is 1. The quantitative estimate of drug-likeness (QED) is 0.856. The van der Waals surface area contributed by atoms with Gasteiger partial charge in [-0.05, 0) is 41.3 Å². The smallest absolute Gasteiger partial charge is 0.243 e. The van der Waals surface area contributed by atoms with E-state index in [2.05, 4.69) is 31.4 Å². The zero-order valence-corrected chi connectivity index (χ0v) is 15.8. The Morgan fingerprint density at radius 3 is 2.16 bits per heavy atom. The fourth-order valence-corrected chi connectivity index (χ4v) is 3.09. The van der Waals surface area contributed by atoms with Crippen LogP contribution < -0.4 is 10.6 Å². The molecule has 2 aromatic carbocycles. The second kappa shape index (κ2) is 7.27. The summed E-state index contributed by atoms with van der Waals surface area (Å²) in [5, 5.41) is 5.92. The highest BCUT2D eigenvalue weighted by Crippen LogP contribution is 2.29. The van der Waals surface area contributed by atoms with Crippen LogP contribution in [0.1, 0.15) is 26.3 Å². The summed E-state index contributed by atoms with van der Waals surface area (Å²) in [6.07, 6.45) is 1.15. The molecule has 5 nitrogen and oxygen atoms in total. The summed E-state index contributed by atoms with van der Waals surface area (Å²) in [6, 6.07) is 14.0. The van der Waals surface area contributed by atoms with Crippen molar-refractivity contribution in [1.29, 1.82) is 0 Å². The van der Waals surface area contributed by atoms with E-state index in [1.165, 1.54) is 12.1 Å². The standard InChI is InChI=1S/C19H24N2O3S/c1-19(2,3)16-7-5-6-8-17(16)20-13-18(22)21-14-9-11-15(12-10-14)25(4,23)24/h5-12,20H,13H2,1-4H3,(H,21,22). The Hall–Kier alpha value is -2.34. The van der Waals surface area contributed by atoms with Crippen molar-refractivity contribution in [3.63, 3.8) is 0 Å². The molecule has 0 saturated heterocycles. The summed E-state index contributed by atoms with van der Waals surface area (Å²) in [5.41, 5.74) is 2.60. The molecule has 0 aromatic heterocycles. The van der Waals surface area contributed by atoms with Gasteiger partial charge in [0.25, 0.3) is 0 Å². The molecule has 0 aliphatic heterocycles. The average molecular weight is 360 g/mol. The van der Waals surface area contributed by atoms with Crippen LogP contribution in [-0.4, -0.2) is 27.1 Å². The Labute approximate surface area is 149 Å². The van der Waals surface area contributed by atoms with Crippen molar-refractivity contribution in [2.45, 2.75) is 31.1 Å². The molecular formula is C19H24N2O3S. The molecule has 0 spiro atoms. The van der Waals surface area contributed by atoms with Crippen molar-refractivity contribution in [3.8, 4) is 0 Å². The lowest BCUT2D eigenvalue weighted by molar-refractivity contribution is -0.114. The normalized spacial score (nSPS) is 11.8. The van der Waals surface area contributed by atoms with E-state index in [1.54, 1.807) is 12.1 Å². The van der Waals surface area contributed by atoms with Crippen molar-refractivity contribution in [2.75, 3.05) is 23.4 Å². The van der Waals surface area contributed by atoms with Crippen molar-refractivity contribution in [2.24, 2.45) is 0 Å². The molecule has 2 rings (SSSR count). The van der Waals surface area contributed by atoms with Gasteiger partial charge in [-0.25, -0.2) is 8.42 Å². The fraction of sp³-hybridized carbons (Fsp3) is 0.316. The van der Waals surface area contributed by atoms with Gasteiger partial charge in [0.15, 0.2) is 9.84 Å². The zero-order valence-electron chi connectivity index (χ0n) is 15.0. The third-order valence-electron chi connectivity index (χ3n) is 3.74. The molecule has 0 aliphatic carbocycles. The molecule has 6 heteroatoms. The van der Waals surface area contributed by atoms with Gasteiger partial charge in [-0.3, -0.25) is 4.79 Å². The Morgan fingerprint density at radius 2 is 1.60 bits per heavy atom. The monoisotopic (exact) mass is 360 g/mol. The summed E-state index contributed by atoms with van der Waals surface area (Å²) in [7, 11) is -3.24. The highest BCUT2D eigenvalue weighted by atomic mass is 32.2. The zero-order chi connectivity index (χ0) is 18.7. The second-order valence-corrected chi connectivity index (χ2v) is 9.01. The van der Waals surface area contributed by atoms with E-state index < -0.39 is 9.84 Å². The van der Waals surface area contributed by atoms with Gasteiger partial charge in [0.05, 0.1) is 11.4 Å². The van der Waals surface area contributed by atoms with Crippen LogP contribution in [0.15, 0.2) is 53.4 Å². The van der Waals surface area contributed by atoms with Gasteiger partial charge in [0.1, 0.15) is 0 Å². The molecule has 1 amide bonds. The summed E-state index contributed by atoms with van der Waals surface area (Å²) in [5.74, 6) is -0.198. The highest BCUT2D eigenvalue weighted by Gasteiger charge is 2.17. The first-order chi connectivity index (χ1) is 11.6. The molecular weight excluding hydrogens is 336 g/mol. The van der Waals surface area contributed by atoms with Gasteiger partial charge in [-0.2, -0.15) is 0 Å². The predicted octanol–water partition coefficient (Wildman–Crippen LogP) is 3.44. The van der Waals surface area contributed by atoms with E-state index in [1.807, 2.05) is 24.3 Å². The first kappa shape index (κ1) is 19.0. The number of hydrogen-bond donors (Lipinski definition) is 2. The second-order valence-electron chi connectivity index (χ2n) is 6.99. The molecule has 25 heavy (non-hydrogen) atoms. The van der Waals surface area contributed by atoms with Gasteiger partial charge in [0, 0.05) is 17.6 Å². The minimum absolute atomic E-state index is 0.0262. The summed E-state index contributed by atoms with van der Waals surface area (Å²) >= 11 is 0. The first-order valence-electron chi connectivity index (χ1n) is 8.01. The number of nitrogens with one attached hydrogen (secondary N) is 2. The average Bonchev–Trinajstić information content (AvgIpc) is 2.52. The minimum atomic E-state index is -3.24. The summed E-state index contributed by atoms with van der Waals surface area (Å²) < 4.78 is 22.9. The van der Waals surface area contributed by atoms with Gasteiger partial charge < -0.3 is 10.6 Å². The lowest BCUT2D eigenvalue weighted by atomic mass is 9.86. The first-order valence-corrected chi connectivity index (χ1v) is 9.90. The Kier molecular flexibility index (Phi) is 5.52. The lowest BCUT2D eigenvalue weighted by Crippen LogP contribution is -2.23. The molecule has 0 fully saturated rings. The van der Waals surface area contributed by atoms with Crippen molar-refractivity contribution < 1.29 is 13.2 Å². The van der Waals surface area contributed by atoms with Crippen LogP contribution >= 0.6 is 0 Å². The maximum absolute atomic E-state index is 12.1. The molecule has 0 saturated carbocycles. The molecule has 2 N–H and O–H groups in total. The number of anilines is 2. The highest BCUT2D eigenvalue weighted by molar-refractivity contribution is 7.90. The van der Waals surface area contributed by atoms with Crippen molar-refractivity contribution in [1.82, 2.24) is 0 Å². The molecule has 134 valence electrons. The minimum Gasteiger partial charge on any atom is -0.376 e. The largest absolute Gasteiger partial charge is 0.376 e. The molecule has 0 heterocycles. The number of hydrogen-bond acceptors (Lipinski definition) is 4. The van der Waals surface area contributed by atoms with E-state index in [0.717, 1.165) is 17.5 Å². The Morgan fingerprint density at radius 1 is 1.00 bits per heavy atom. The third kappa shape index (κ3) is 5.32. The van der Waals surface area contributed by atoms with Crippen LogP contribution in [0.2, 0.25) is 0 Å². The van der Waals surface area contributed by atoms with Crippen molar-refractivity contribution >= 4 is 27.1 Å². The van der Waals surface area contributed by atoms with Gasteiger partial charge >= 0.3 is 0 Å². The Bertz CT molecular complexity index is 851. The van der Waals surface area contributed by atoms with Crippen LogP contribution in [0.3, 0.4) is 0 Å². The maximum atomic E-state index is 12.1. The number of carbonyl (C=O) groups excluding carboxylic acids is 1. The van der Waals surface area contributed by atoms with Crippen LogP contribution in [0.5, 0.6) is 0 Å². The van der Waals surface area contributed by atoms with E-state index in [9.17, 15) is 13.2 Å². The number of benzene rings is 2. The van der Waals surface area contributed by atoms with Gasteiger partial charge in [-0.1, -0.05) is 39.0 Å². The molecule has 0 atom stereocenters. The van der Waals surface area contributed by atoms with Crippen LogP contribution in [0, 0.1) is 0 Å². The van der Waals surface area contributed by atoms with E-state index in [4.69, 9.17) is 0 Å². The molecule has 0 unspecified atom stereocenters. The van der Waals surface area contributed by atoms with Crippen LogP contribution in [-0.2, 0) is 20.0 Å². The number of sulfone groups is 1. The Balaban J connectivity index is 2.00. The number of rotatable bonds is 5. The molecule has 2 aromatic rings. The fourth-order valence-electron chi connectivity index (χ4n) is 2.46. The van der Waals surface area contributed by atoms with Crippen LogP contribution in [0.4, 0.5) is 11.4 Å². The summed E-state index contributed by atoms with van der Waals surface area (Å²) in [4.78, 5) is 12.4. The van der Waals surface area contributed by atoms with E-state index in [-0.39, 0.29) is 22.8 Å². The topological polar surface area (TPSA) is 75.3 Å². The SMILES string of the molecule is CC(C)(C)c1ccccc1NCC(=O)Nc1ccc(S(C)(=O)=O)cc1. The molecule has 0 radical (unpaired) electrons. The van der Waals surface area contributed by atoms with Crippen molar-refractivity contribution in [3.05, 3.63) is 54.1 Å². The summed E-state index contributed by atoms with van der Waals surface area (Å²) in [6.45, 7) is 6.49. The lowest BCUT2D eigenvalue weighted by Gasteiger charge is -2.23. The third-order valence-corrected chi connectivity index (χ3v) is 4.87. The van der Waals surface area contributed by atoms with Gasteiger partial charge in [0.2, 0.25) is 5.91 Å². The van der Waals surface area contributed by atoms with Gasteiger partial charge in [-0.15, -0.1) is 0 Å². The maximum Gasteiger partial charge on any atom is 0.243 e. The van der Waals surface area contributed by atoms with Crippen LogP contribution in [0.25, 0.3) is 0 Å². The molecule has 0 bridgehead atoms. The number of para-hydroxylation sites is 1. The van der Waals surface area contributed by atoms with E-state index >= 15 is 0 Å². The molecule has 0 aliphatic rings. The number of carbonyl (C=O) groups is 1. The van der Waals surface area contributed by atoms with E-state index in [0.29, 0.717) is 5.69 Å².